The Morgan fingerprint density at radius 2 is 2.33 bits per heavy atom. The summed E-state index contributed by atoms with van der Waals surface area (Å²) in [5.41, 5.74) is 2.21. The molecule has 1 aromatic rings. The average Bonchev–Trinajstić information content (AvgIpc) is 2.78. The monoisotopic (exact) mass is 268 g/mol. The second-order valence-corrected chi connectivity index (χ2v) is 4.16. The molecule has 0 radical (unpaired) electrons. The van der Waals surface area contributed by atoms with E-state index in [0.717, 1.165) is 11.3 Å². The predicted octanol–water partition coefficient (Wildman–Crippen LogP) is 2.13. The van der Waals surface area contributed by atoms with Gasteiger partial charge in [0.2, 0.25) is 5.91 Å². The lowest BCUT2D eigenvalue weighted by atomic mass is 10.1. The van der Waals surface area contributed by atoms with E-state index in [1.807, 2.05) is 13.0 Å². The van der Waals surface area contributed by atoms with Crippen LogP contribution in [0.15, 0.2) is 18.2 Å². The van der Waals surface area contributed by atoms with Gasteiger partial charge in [0.15, 0.2) is 0 Å². The zero-order valence-electron chi connectivity index (χ0n) is 9.90. The van der Waals surface area contributed by atoms with Crippen LogP contribution < -0.4 is 10.2 Å². The van der Waals surface area contributed by atoms with Crippen LogP contribution in [0.25, 0.3) is 0 Å². The van der Waals surface area contributed by atoms with E-state index in [-0.39, 0.29) is 17.9 Å². The lowest BCUT2D eigenvalue weighted by Gasteiger charge is -2.18. The third kappa shape index (κ3) is 2.41. The van der Waals surface area contributed by atoms with Crippen LogP contribution >= 0.6 is 11.6 Å². The molecule has 0 saturated carbocycles. The second kappa shape index (κ2) is 5.27. The van der Waals surface area contributed by atoms with Gasteiger partial charge >= 0.3 is 6.09 Å². The summed E-state index contributed by atoms with van der Waals surface area (Å²) in [6.07, 6.45) is -0.362. The van der Waals surface area contributed by atoms with E-state index in [2.05, 4.69) is 5.32 Å². The van der Waals surface area contributed by atoms with Crippen molar-refractivity contribution in [3.63, 3.8) is 0 Å². The van der Waals surface area contributed by atoms with Gasteiger partial charge in [-0.25, -0.2) is 4.79 Å². The highest BCUT2D eigenvalue weighted by molar-refractivity contribution is 6.29. The van der Waals surface area contributed by atoms with Crippen LogP contribution in [-0.2, 0) is 9.53 Å². The highest BCUT2D eigenvalue weighted by atomic mass is 35.5. The number of nitrogens with zero attached hydrogens (tertiary/aromatic N) is 1. The molecule has 2 amide bonds. The van der Waals surface area contributed by atoms with Crippen LogP contribution in [0.2, 0.25) is 0 Å². The number of hydrogen-bond donors (Lipinski definition) is 1. The number of hydrogen-bond acceptors (Lipinski definition) is 3. The lowest BCUT2D eigenvalue weighted by Crippen LogP contribution is -2.24. The number of benzene rings is 1. The number of amides is 2. The summed E-state index contributed by atoms with van der Waals surface area (Å²) in [6.45, 7) is 2.74. The number of nitrogens with one attached hydrogen (secondary N) is 1. The first-order valence-corrected chi connectivity index (χ1v) is 6.06. The van der Waals surface area contributed by atoms with E-state index in [1.165, 1.54) is 0 Å². The molecule has 0 unspecified atom stereocenters. The highest BCUT2D eigenvalue weighted by Crippen LogP contribution is 2.28. The number of rotatable bonds is 3. The molecule has 1 heterocycles. The van der Waals surface area contributed by atoms with Crippen LogP contribution in [0.1, 0.15) is 5.56 Å². The quantitative estimate of drug-likeness (QED) is 0.855. The molecule has 0 bridgehead atoms. The maximum Gasteiger partial charge on any atom is 0.414 e. The molecule has 0 spiro atoms. The Morgan fingerprint density at radius 3 is 2.94 bits per heavy atom. The van der Waals surface area contributed by atoms with Crippen molar-refractivity contribution < 1.29 is 14.3 Å². The molecule has 1 aliphatic heterocycles. The minimum atomic E-state index is -0.362. The molecule has 1 aliphatic rings. The number of cyclic esters (lactones) is 1. The molecular weight excluding hydrogens is 256 g/mol. The van der Waals surface area contributed by atoms with Gasteiger partial charge in [0.1, 0.15) is 12.5 Å². The summed E-state index contributed by atoms with van der Waals surface area (Å²) in [4.78, 5) is 24.3. The Bertz CT molecular complexity index is 490. The second-order valence-electron chi connectivity index (χ2n) is 3.90. The lowest BCUT2D eigenvalue weighted by molar-refractivity contribution is -0.113. The smallest absolute Gasteiger partial charge is 0.414 e. The number of halogens is 1. The molecule has 96 valence electrons. The Balaban J connectivity index is 2.29. The Hall–Kier alpha value is -1.75. The predicted molar refractivity (Wildman–Crippen MR) is 69.2 cm³/mol. The first-order chi connectivity index (χ1) is 8.63. The third-order valence-electron chi connectivity index (χ3n) is 2.75. The zero-order valence-corrected chi connectivity index (χ0v) is 10.7. The van der Waals surface area contributed by atoms with Gasteiger partial charge in [0.25, 0.3) is 0 Å². The molecule has 2 rings (SSSR count). The Labute approximate surface area is 110 Å². The van der Waals surface area contributed by atoms with Crippen molar-refractivity contribution >= 4 is 35.0 Å². The molecule has 1 aromatic carbocycles. The van der Waals surface area contributed by atoms with Crippen molar-refractivity contribution in [1.82, 2.24) is 0 Å². The molecule has 1 fully saturated rings. The van der Waals surface area contributed by atoms with Gasteiger partial charge in [-0.3, -0.25) is 9.69 Å². The molecule has 0 aliphatic carbocycles. The minimum absolute atomic E-state index is 0.102. The topological polar surface area (TPSA) is 58.6 Å². The highest BCUT2D eigenvalue weighted by Gasteiger charge is 2.25. The summed E-state index contributed by atoms with van der Waals surface area (Å²) in [7, 11) is 0. The normalized spacial score (nSPS) is 14.6. The van der Waals surface area contributed by atoms with Crippen LogP contribution in [0.5, 0.6) is 0 Å². The summed E-state index contributed by atoms with van der Waals surface area (Å²) >= 11 is 5.45. The fraction of sp³-hybridized carbons (Fsp3) is 0.333. The molecule has 1 N–H and O–H groups in total. The molecule has 1 saturated heterocycles. The van der Waals surface area contributed by atoms with E-state index in [1.54, 1.807) is 17.0 Å². The third-order valence-corrected chi connectivity index (χ3v) is 3.00. The number of carbonyl (C=O) groups is 2. The molecular formula is C12H13ClN2O3. The fourth-order valence-corrected chi connectivity index (χ4v) is 1.91. The number of anilines is 2. The fourth-order valence-electron chi connectivity index (χ4n) is 1.85. The van der Waals surface area contributed by atoms with Gasteiger partial charge in [-0.2, -0.15) is 0 Å². The standard InChI is InChI=1S/C12H13ClN2O3/c1-8-9(14-11(16)7-13)3-2-4-10(8)15-5-6-18-12(15)17/h2-4H,5-7H2,1H3,(H,14,16). The summed E-state index contributed by atoms with van der Waals surface area (Å²) in [6, 6.07) is 5.36. The van der Waals surface area contributed by atoms with Gasteiger partial charge in [0.05, 0.1) is 12.2 Å². The van der Waals surface area contributed by atoms with E-state index in [9.17, 15) is 9.59 Å². The van der Waals surface area contributed by atoms with Crippen molar-refractivity contribution in [2.45, 2.75) is 6.92 Å². The summed E-state index contributed by atoms with van der Waals surface area (Å²) in [5, 5.41) is 2.69. The van der Waals surface area contributed by atoms with Crippen molar-refractivity contribution in [3.05, 3.63) is 23.8 Å². The Morgan fingerprint density at radius 1 is 1.56 bits per heavy atom. The molecule has 0 aromatic heterocycles. The van der Waals surface area contributed by atoms with E-state index < -0.39 is 0 Å². The van der Waals surface area contributed by atoms with Gasteiger partial charge in [-0.15, -0.1) is 11.6 Å². The number of carbonyl (C=O) groups excluding carboxylic acids is 2. The van der Waals surface area contributed by atoms with Crippen molar-refractivity contribution in [2.24, 2.45) is 0 Å². The maximum atomic E-state index is 11.5. The molecule has 6 heteroatoms. The zero-order chi connectivity index (χ0) is 13.1. The summed E-state index contributed by atoms with van der Waals surface area (Å²) < 4.78 is 4.90. The molecule has 18 heavy (non-hydrogen) atoms. The van der Waals surface area contributed by atoms with Crippen molar-refractivity contribution in [2.75, 3.05) is 29.2 Å². The van der Waals surface area contributed by atoms with Gasteiger partial charge < -0.3 is 10.1 Å². The van der Waals surface area contributed by atoms with Crippen LogP contribution in [0, 0.1) is 6.92 Å². The summed E-state index contributed by atoms with van der Waals surface area (Å²) in [5.74, 6) is -0.379. The van der Waals surface area contributed by atoms with Gasteiger partial charge in [0, 0.05) is 5.69 Å². The van der Waals surface area contributed by atoms with E-state index >= 15 is 0 Å². The maximum absolute atomic E-state index is 11.5. The van der Waals surface area contributed by atoms with Gasteiger partial charge in [-0.1, -0.05) is 6.07 Å². The SMILES string of the molecule is Cc1c(NC(=O)CCl)cccc1N1CCOC1=O. The van der Waals surface area contributed by atoms with Crippen LogP contribution in [-0.4, -0.2) is 31.0 Å². The van der Waals surface area contributed by atoms with Crippen LogP contribution in [0.3, 0.4) is 0 Å². The van der Waals surface area contributed by atoms with Gasteiger partial charge in [-0.05, 0) is 24.6 Å². The van der Waals surface area contributed by atoms with Crippen LogP contribution in [0.4, 0.5) is 16.2 Å². The number of alkyl halides is 1. The molecule has 0 atom stereocenters. The van der Waals surface area contributed by atoms with E-state index in [4.69, 9.17) is 16.3 Å². The largest absolute Gasteiger partial charge is 0.447 e. The first-order valence-electron chi connectivity index (χ1n) is 5.53. The van der Waals surface area contributed by atoms with E-state index in [0.29, 0.717) is 18.8 Å². The van der Waals surface area contributed by atoms with Crippen molar-refractivity contribution in [3.8, 4) is 0 Å². The number of ether oxygens (including phenoxy) is 1. The minimum Gasteiger partial charge on any atom is -0.447 e. The average molecular weight is 269 g/mol. The Kier molecular flexibility index (Phi) is 3.72. The van der Waals surface area contributed by atoms with Crippen molar-refractivity contribution in [1.29, 1.82) is 0 Å². The first kappa shape index (κ1) is 12.7. The molecule has 5 nitrogen and oxygen atoms in total.